The molecule has 0 aromatic carbocycles. The average molecular weight is 272 g/mol. The van der Waals surface area contributed by atoms with Gasteiger partial charge in [-0.1, -0.05) is 26.1 Å². The molecule has 8 heteroatoms. The Morgan fingerprint density at radius 3 is 2.58 bits per heavy atom. The van der Waals surface area contributed by atoms with E-state index < -0.39 is 12.0 Å². The highest BCUT2D eigenvalue weighted by Crippen LogP contribution is 2.06. The smallest absolute Gasteiger partial charge is 0.320 e. The van der Waals surface area contributed by atoms with Crippen LogP contribution in [0.4, 0.5) is 0 Å². The van der Waals surface area contributed by atoms with Crippen LogP contribution in [0.3, 0.4) is 0 Å². The minimum Gasteiger partial charge on any atom is -0.480 e. The summed E-state index contributed by atoms with van der Waals surface area (Å²) >= 11 is 0. The van der Waals surface area contributed by atoms with Crippen LogP contribution in [0.5, 0.6) is 0 Å². The summed E-state index contributed by atoms with van der Waals surface area (Å²) in [6, 6.07) is -0.666. The van der Waals surface area contributed by atoms with E-state index in [0.29, 0.717) is 13.0 Å². The molecule has 1 rings (SSSR count). The molecular weight excluding hydrogens is 249 g/mol. The molecule has 0 saturated carbocycles. The van der Waals surface area contributed by atoms with Gasteiger partial charge in [0, 0.05) is 12.6 Å². The van der Waals surface area contributed by atoms with E-state index in [1.807, 2.05) is 0 Å². The van der Waals surface area contributed by atoms with E-state index in [9.17, 15) is 9.59 Å². The standard InChI is InChI=1S/C7H13N3O3.C4H10BO/c8-2-6(11)10-4-1-5(7(12)13)9-3-4;1-2-3-4-5-6/h4-5,9H,1-3,8H2,(H,10,11)(H,12,13);6H,2-4H2,1H3. The first-order chi connectivity index (χ1) is 9.04. The first-order valence-corrected chi connectivity index (χ1v) is 6.46. The Kier molecular flexibility index (Phi) is 10.1. The topological polar surface area (TPSA) is 125 Å². The number of nitrogens with two attached hydrogens (primary N) is 1. The van der Waals surface area contributed by atoms with Crippen LogP contribution in [0.25, 0.3) is 0 Å². The maximum Gasteiger partial charge on any atom is 0.320 e. The number of rotatable bonds is 6. The van der Waals surface area contributed by atoms with E-state index in [2.05, 4.69) is 17.6 Å². The molecule has 0 bridgehead atoms. The second kappa shape index (κ2) is 10.8. The molecule has 1 heterocycles. The van der Waals surface area contributed by atoms with Gasteiger partial charge < -0.3 is 26.5 Å². The van der Waals surface area contributed by atoms with Gasteiger partial charge in [-0.05, 0) is 6.42 Å². The molecule has 1 fully saturated rings. The summed E-state index contributed by atoms with van der Waals surface area (Å²) in [5.41, 5.74) is 5.10. The predicted molar refractivity (Wildman–Crippen MR) is 72.7 cm³/mol. The maximum absolute atomic E-state index is 10.8. The van der Waals surface area contributed by atoms with Crippen LogP contribution in [0.2, 0.25) is 6.32 Å². The summed E-state index contributed by atoms with van der Waals surface area (Å²) in [5, 5.41) is 22.1. The molecule has 6 N–H and O–H groups in total. The number of aliphatic carboxylic acids is 1. The van der Waals surface area contributed by atoms with Crippen LogP contribution < -0.4 is 16.4 Å². The zero-order chi connectivity index (χ0) is 14.7. The second-order valence-corrected chi connectivity index (χ2v) is 4.33. The van der Waals surface area contributed by atoms with Crippen molar-refractivity contribution in [2.45, 2.75) is 44.6 Å². The van der Waals surface area contributed by atoms with Crippen LogP contribution in [-0.2, 0) is 9.59 Å². The lowest BCUT2D eigenvalue weighted by atomic mass is 9.93. The number of amides is 1. The van der Waals surface area contributed by atoms with E-state index in [1.165, 1.54) is 7.48 Å². The fraction of sp³-hybridized carbons (Fsp3) is 0.818. The van der Waals surface area contributed by atoms with E-state index in [4.69, 9.17) is 15.9 Å². The van der Waals surface area contributed by atoms with Crippen LogP contribution >= 0.6 is 0 Å². The molecule has 0 aromatic rings. The minimum absolute atomic E-state index is 0.0613. The van der Waals surface area contributed by atoms with Crippen molar-refractivity contribution in [3.8, 4) is 0 Å². The molecule has 1 radical (unpaired) electrons. The van der Waals surface area contributed by atoms with Crippen LogP contribution in [0, 0.1) is 0 Å². The normalized spacial score (nSPS) is 21.2. The summed E-state index contributed by atoms with van der Waals surface area (Å²) in [6.07, 6.45) is 3.53. The molecule has 0 aromatic heterocycles. The van der Waals surface area contributed by atoms with Crippen molar-refractivity contribution in [3.63, 3.8) is 0 Å². The average Bonchev–Trinajstić information content (AvgIpc) is 2.85. The third-order valence-corrected chi connectivity index (χ3v) is 2.67. The highest BCUT2D eigenvalue weighted by molar-refractivity contribution is 6.25. The van der Waals surface area contributed by atoms with Crippen LogP contribution in [-0.4, -0.2) is 54.7 Å². The van der Waals surface area contributed by atoms with Gasteiger partial charge in [-0.2, -0.15) is 0 Å². The van der Waals surface area contributed by atoms with Gasteiger partial charge in [-0.3, -0.25) is 9.59 Å². The Balaban J connectivity index is 0.000000459. The molecule has 0 spiro atoms. The summed E-state index contributed by atoms with van der Waals surface area (Å²) in [4.78, 5) is 21.3. The zero-order valence-electron chi connectivity index (χ0n) is 11.3. The summed E-state index contributed by atoms with van der Waals surface area (Å²) in [5.74, 6) is -1.14. The maximum atomic E-state index is 10.8. The molecule has 1 aliphatic heterocycles. The molecule has 1 saturated heterocycles. The predicted octanol–water partition coefficient (Wildman–Crippen LogP) is -1.31. The third-order valence-electron chi connectivity index (χ3n) is 2.67. The van der Waals surface area contributed by atoms with Crippen molar-refractivity contribution in [2.24, 2.45) is 5.73 Å². The lowest BCUT2D eigenvalue weighted by Gasteiger charge is -2.09. The Morgan fingerprint density at radius 2 is 2.21 bits per heavy atom. The SMILES string of the molecule is CCCC[B]O.NCC(=O)NC1CNC(C(=O)O)C1. The lowest BCUT2D eigenvalue weighted by Crippen LogP contribution is -2.39. The quantitative estimate of drug-likeness (QED) is 0.302. The van der Waals surface area contributed by atoms with Gasteiger partial charge in [-0.25, -0.2) is 0 Å². The zero-order valence-corrected chi connectivity index (χ0v) is 11.3. The number of unbranched alkanes of at least 4 members (excludes halogenated alkanes) is 1. The Hall–Kier alpha value is -1.12. The van der Waals surface area contributed by atoms with Gasteiger partial charge in [0.2, 0.25) is 5.91 Å². The van der Waals surface area contributed by atoms with E-state index >= 15 is 0 Å². The molecular formula is C11H23BN3O4. The van der Waals surface area contributed by atoms with Gasteiger partial charge in [0.25, 0.3) is 7.48 Å². The first-order valence-electron chi connectivity index (χ1n) is 6.46. The Labute approximate surface area is 114 Å². The van der Waals surface area contributed by atoms with Gasteiger partial charge >= 0.3 is 5.97 Å². The van der Waals surface area contributed by atoms with Crippen LogP contribution in [0.15, 0.2) is 0 Å². The fourth-order valence-corrected chi connectivity index (χ4v) is 1.62. The van der Waals surface area contributed by atoms with E-state index in [1.54, 1.807) is 0 Å². The molecule has 1 aliphatic rings. The number of carbonyl (C=O) groups is 2. The fourth-order valence-electron chi connectivity index (χ4n) is 1.62. The lowest BCUT2D eigenvalue weighted by molar-refractivity contribution is -0.139. The minimum atomic E-state index is -0.885. The third kappa shape index (κ3) is 8.58. The van der Waals surface area contributed by atoms with Crippen molar-refractivity contribution in [1.82, 2.24) is 10.6 Å². The van der Waals surface area contributed by atoms with Gasteiger partial charge in [0.05, 0.1) is 6.54 Å². The Morgan fingerprint density at radius 1 is 1.53 bits per heavy atom. The van der Waals surface area contributed by atoms with E-state index in [0.717, 1.165) is 19.2 Å². The van der Waals surface area contributed by atoms with Crippen molar-refractivity contribution < 1.29 is 19.7 Å². The van der Waals surface area contributed by atoms with Crippen molar-refractivity contribution in [1.29, 1.82) is 0 Å². The monoisotopic (exact) mass is 272 g/mol. The summed E-state index contributed by atoms with van der Waals surface area (Å²) < 4.78 is 0. The highest BCUT2D eigenvalue weighted by Gasteiger charge is 2.29. The summed E-state index contributed by atoms with van der Waals surface area (Å²) in [6.45, 7) is 2.53. The molecule has 19 heavy (non-hydrogen) atoms. The summed E-state index contributed by atoms with van der Waals surface area (Å²) in [7, 11) is 1.21. The largest absolute Gasteiger partial charge is 0.480 e. The molecule has 0 aliphatic carbocycles. The van der Waals surface area contributed by atoms with Crippen LogP contribution in [0.1, 0.15) is 26.2 Å². The number of carbonyl (C=O) groups excluding carboxylic acids is 1. The van der Waals surface area contributed by atoms with Gasteiger partial charge in [0.1, 0.15) is 6.04 Å². The number of nitrogens with one attached hydrogen (secondary N) is 2. The van der Waals surface area contributed by atoms with Crippen molar-refractivity contribution in [3.05, 3.63) is 0 Å². The molecule has 109 valence electrons. The molecule has 1 amide bonds. The molecule has 7 nitrogen and oxygen atoms in total. The first kappa shape index (κ1) is 17.9. The highest BCUT2D eigenvalue weighted by atomic mass is 16.4. The van der Waals surface area contributed by atoms with Gasteiger partial charge in [-0.15, -0.1) is 0 Å². The number of carboxylic acid groups (broad SMARTS) is 1. The van der Waals surface area contributed by atoms with Gasteiger partial charge in [0.15, 0.2) is 0 Å². The van der Waals surface area contributed by atoms with Crippen molar-refractivity contribution >= 4 is 19.4 Å². The number of carboxylic acids is 1. The molecule has 2 atom stereocenters. The van der Waals surface area contributed by atoms with Crippen molar-refractivity contribution in [2.75, 3.05) is 13.1 Å². The van der Waals surface area contributed by atoms with E-state index in [-0.39, 0.29) is 18.5 Å². The molecule has 2 unspecified atom stereocenters. The number of hydrogen-bond acceptors (Lipinski definition) is 5. The Bertz CT molecular complexity index is 275. The number of hydrogen-bond donors (Lipinski definition) is 5. The second-order valence-electron chi connectivity index (χ2n) is 4.33.